The molecule has 2 heterocycles. The largest absolute Gasteiger partial charge is 0.342 e. The normalized spacial score (nSPS) is 23.3. The van der Waals surface area contributed by atoms with Crippen LogP contribution >= 0.6 is 0 Å². The molecule has 24 heavy (non-hydrogen) atoms. The van der Waals surface area contributed by atoms with Crippen LogP contribution in [0.15, 0.2) is 30.3 Å². The fourth-order valence-corrected chi connectivity index (χ4v) is 3.85. The predicted molar refractivity (Wildman–Crippen MR) is 94.4 cm³/mol. The molecule has 0 radical (unpaired) electrons. The fraction of sp³-hybridized carbons (Fsp3) is 0.600. The molecule has 4 nitrogen and oxygen atoms in total. The van der Waals surface area contributed by atoms with Crippen LogP contribution in [-0.2, 0) is 16.0 Å². The van der Waals surface area contributed by atoms with Crippen molar-refractivity contribution >= 4 is 11.8 Å². The van der Waals surface area contributed by atoms with Crippen LogP contribution in [0.2, 0.25) is 0 Å². The molecule has 4 heteroatoms. The standard InChI is InChI=1S/C20H28N2O2/c1-20(2)10-12-22(15-20)19(24)17-9-6-11-21(14-17)18(23)13-16-7-4-3-5-8-16/h3-5,7-8,17H,6,9-15H2,1-2H3/t17-/m0/s1. The summed E-state index contributed by atoms with van der Waals surface area (Å²) < 4.78 is 0. The van der Waals surface area contributed by atoms with Crippen molar-refractivity contribution in [1.82, 2.24) is 9.80 Å². The topological polar surface area (TPSA) is 40.6 Å². The van der Waals surface area contributed by atoms with Crippen molar-refractivity contribution in [2.24, 2.45) is 11.3 Å². The molecule has 2 aliphatic heterocycles. The molecule has 1 aromatic carbocycles. The minimum absolute atomic E-state index is 0.0210. The average Bonchev–Trinajstić information content (AvgIpc) is 2.95. The zero-order valence-corrected chi connectivity index (χ0v) is 14.8. The van der Waals surface area contributed by atoms with E-state index in [0.717, 1.165) is 44.5 Å². The number of likely N-dealkylation sites (tertiary alicyclic amines) is 2. The second-order valence-electron chi connectivity index (χ2n) is 8.02. The van der Waals surface area contributed by atoms with Crippen LogP contribution in [0, 0.1) is 11.3 Å². The van der Waals surface area contributed by atoms with Crippen molar-refractivity contribution in [1.29, 1.82) is 0 Å². The SMILES string of the molecule is CC1(C)CCN(C(=O)[C@H]2CCCN(C(=O)Cc3ccccc3)C2)C1. The summed E-state index contributed by atoms with van der Waals surface area (Å²) in [5, 5.41) is 0. The zero-order chi connectivity index (χ0) is 17.2. The van der Waals surface area contributed by atoms with E-state index in [1.165, 1.54) is 0 Å². The van der Waals surface area contributed by atoms with Crippen molar-refractivity contribution in [3.63, 3.8) is 0 Å². The van der Waals surface area contributed by atoms with E-state index in [2.05, 4.69) is 13.8 Å². The van der Waals surface area contributed by atoms with Gasteiger partial charge in [0, 0.05) is 26.2 Å². The van der Waals surface area contributed by atoms with Gasteiger partial charge in [-0.05, 0) is 30.2 Å². The van der Waals surface area contributed by atoms with Gasteiger partial charge in [0.15, 0.2) is 0 Å². The number of benzene rings is 1. The molecule has 2 aliphatic rings. The Morgan fingerprint density at radius 1 is 1.12 bits per heavy atom. The maximum atomic E-state index is 12.8. The van der Waals surface area contributed by atoms with Crippen molar-refractivity contribution in [3.05, 3.63) is 35.9 Å². The number of amides is 2. The predicted octanol–water partition coefficient (Wildman–Crippen LogP) is 2.73. The van der Waals surface area contributed by atoms with E-state index in [1.807, 2.05) is 40.1 Å². The molecule has 2 amide bonds. The summed E-state index contributed by atoms with van der Waals surface area (Å²) >= 11 is 0. The second kappa shape index (κ2) is 6.96. The zero-order valence-electron chi connectivity index (χ0n) is 14.8. The number of rotatable bonds is 3. The van der Waals surface area contributed by atoms with E-state index in [9.17, 15) is 9.59 Å². The number of nitrogens with zero attached hydrogens (tertiary/aromatic N) is 2. The maximum absolute atomic E-state index is 12.8. The van der Waals surface area contributed by atoms with Gasteiger partial charge in [-0.25, -0.2) is 0 Å². The average molecular weight is 328 g/mol. The quantitative estimate of drug-likeness (QED) is 0.856. The van der Waals surface area contributed by atoms with Gasteiger partial charge >= 0.3 is 0 Å². The van der Waals surface area contributed by atoms with E-state index in [0.29, 0.717) is 13.0 Å². The summed E-state index contributed by atoms with van der Waals surface area (Å²) in [7, 11) is 0. The van der Waals surface area contributed by atoms with Crippen LogP contribution in [0.1, 0.15) is 38.7 Å². The van der Waals surface area contributed by atoms with Gasteiger partial charge in [-0.3, -0.25) is 9.59 Å². The highest BCUT2D eigenvalue weighted by Crippen LogP contribution is 2.31. The van der Waals surface area contributed by atoms with E-state index >= 15 is 0 Å². The molecule has 0 bridgehead atoms. The minimum atomic E-state index is -0.0210. The first-order valence-corrected chi connectivity index (χ1v) is 9.05. The van der Waals surface area contributed by atoms with Gasteiger partial charge in [0.1, 0.15) is 0 Å². The Kier molecular flexibility index (Phi) is 4.93. The number of hydrogen-bond acceptors (Lipinski definition) is 2. The molecule has 0 unspecified atom stereocenters. The molecule has 0 saturated carbocycles. The molecule has 2 saturated heterocycles. The molecule has 130 valence electrons. The minimum Gasteiger partial charge on any atom is -0.342 e. The number of carbonyl (C=O) groups excluding carboxylic acids is 2. The summed E-state index contributed by atoms with van der Waals surface area (Å²) in [6.45, 7) is 7.51. The van der Waals surface area contributed by atoms with Crippen molar-refractivity contribution in [2.45, 2.75) is 39.5 Å². The van der Waals surface area contributed by atoms with E-state index < -0.39 is 0 Å². The maximum Gasteiger partial charge on any atom is 0.227 e. The van der Waals surface area contributed by atoms with Gasteiger partial charge in [-0.2, -0.15) is 0 Å². The first-order chi connectivity index (χ1) is 11.4. The number of hydrogen-bond donors (Lipinski definition) is 0. The van der Waals surface area contributed by atoms with Crippen LogP contribution in [-0.4, -0.2) is 47.8 Å². The molecule has 1 atom stereocenters. The highest BCUT2D eigenvalue weighted by Gasteiger charge is 2.37. The highest BCUT2D eigenvalue weighted by atomic mass is 16.2. The lowest BCUT2D eigenvalue weighted by Gasteiger charge is -2.34. The van der Waals surface area contributed by atoms with Gasteiger partial charge in [-0.1, -0.05) is 44.2 Å². The Labute approximate surface area is 144 Å². The van der Waals surface area contributed by atoms with Crippen LogP contribution in [0.4, 0.5) is 0 Å². The monoisotopic (exact) mass is 328 g/mol. The third-order valence-corrected chi connectivity index (χ3v) is 5.31. The summed E-state index contributed by atoms with van der Waals surface area (Å²) in [4.78, 5) is 29.3. The molecule has 2 fully saturated rings. The first-order valence-electron chi connectivity index (χ1n) is 9.05. The van der Waals surface area contributed by atoms with Crippen molar-refractivity contribution in [2.75, 3.05) is 26.2 Å². The Hall–Kier alpha value is -1.84. The number of piperidine rings is 1. The smallest absolute Gasteiger partial charge is 0.227 e. The first kappa shape index (κ1) is 17.0. The third-order valence-electron chi connectivity index (χ3n) is 5.31. The molecule has 0 aromatic heterocycles. The molecular weight excluding hydrogens is 300 g/mol. The van der Waals surface area contributed by atoms with Gasteiger partial charge in [0.05, 0.1) is 12.3 Å². The lowest BCUT2D eigenvalue weighted by molar-refractivity contribution is -0.140. The summed E-state index contributed by atoms with van der Waals surface area (Å²) in [6.07, 6.45) is 3.33. The lowest BCUT2D eigenvalue weighted by atomic mass is 9.93. The van der Waals surface area contributed by atoms with E-state index in [1.54, 1.807) is 0 Å². The van der Waals surface area contributed by atoms with Crippen molar-refractivity contribution < 1.29 is 9.59 Å². The van der Waals surface area contributed by atoms with Crippen molar-refractivity contribution in [3.8, 4) is 0 Å². The highest BCUT2D eigenvalue weighted by molar-refractivity contribution is 5.82. The van der Waals surface area contributed by atoms with Crippen LogP contribution < -0.4 is 0 Å². The molecule has 0 N–H and O–H groups in total. The van der Waals surface area contributed by atoms with Crippen LogP contribution in [0.5, 0.6) is 0 Å². The second-order valence-corrected chi connectivity index (χ2v) is 8.02. The molecule has 3 rings (SSSR count). The molecular formula is C20H28N2O2. The molecule has 0 aliphatic carbocycles. The summed E-state index contributed by atoms with van der Waals surface area (Å²) in [5.74, 6) is 0.366. The van der Waals surface area contributed by atoms with E-state index in [4.69, 9.17) is 0 Å². The van der Waals surface area contributed by atoms with Gasteiger partial charge < -0.3 is 9.80 Å². The van der Waals surface area contributed by atoms with Gasteiger partial charge in [0.2, 0.25) is 11.8 Å². The molecule has 0 spiro atoms. The summed E-state index contributed by atoms with van der Waals surface area (Å²) in [6, 6.07) is 9.84. The van der Waals surface area contributed by atoms with Gasteiger partial charge in [-0.15, -0.1) is 0 Å². The third kappa shape index (κ3) is 3.97. The van der Waals surface area contributed by atoms with E-state index in [-0.39, 0.29) is 23.1 Å². The van der Waals surface area contributed by atoms with Gasteiger partial charge in [0.25, 0.3) is 0 Å². The Bertz CT molecular complexity index is 597. The summed E-state index contributed by atoms with van der Waals surface area (Å²) in [5.41, 5.74) is 1.27. The Morgan fingerprint density at radius 2 is 1.88 bits per heavy atom. The number of carbonyl (C=O) groups is 2. The Balaban J connectivity index is 1.58. The molecule has 1 aromatic rings. The van der Waals surface area contributed by atoms with Crippen LogP contribution in [0.3, 0.4) is 0 Å². The fourth-order valence-electron chi connectivity index (χ4n) is 3.85. The Morgan fingerprint density at radius 3 is 2.54 bits per heavy atom. The van der Waals surface area contributed by atoms with Crippen LogP contribution in [0.25, 0.3) is 0 Å². The lowest BCUT2D eigenvalue weighted by Crippen LogP contribution is -2.46.